The standard InChI is InChI=1S/C10H10N2O2/c1-5-3-11-4-7-8(10(13)14)6(2)12-9(5)7/h3-4,12H,1-2H3,(H,13,14). The molecule has 0 aliphatic carbocycles. The van der Waals surface area contributed by atoms with Gasteiger partial charge in [-0.25, -0.2) is 4.79 Å². The van der Waals surface area contributed by atoms with E-state index in [2.05, 4.69) is 9.97 Å². The summed E-state index contributed by atoms with van der Waals surface area (Å²) in [6.07, 6.45) is 3.29. The Bertz CT molecular complexity index is 514. The molecule has 72 valence electrons. The first-order chi connectivity index (χ1) is 6.61. The maximum absolute atomic E-state index is 11.0. The second-order valence-electron chi connectivity index (χ2n) is 3.31. The smallest absolute Gasteiger partial charge is 0.338 e. The highest BCUT2D eigenvalue weighted by atomic mass is 16.4. The van der Waals surface area contributed by atoms with Crippen LogP contribution in [0.1, 0.15) is 21.6 Å². The van der Waals surface area contributed by atoms with Gasteiger partial charge >= 0.3 is 5.97 Å². The second-order valence-corrected chi connectivity index (χ2v) is 3.31. The van der Waals surface area contributed by atoms with Gasteiger partial charge in [0, 0.05) is 23.5 Å². The number of nitrogens with zero attached hydrogens (tertiary/aromatic N) is 1. The van der Waals surface area contributed by atoms with E-state index >= 15 is 0 Å². The van der Waals surface area contributed by atoms with Crippen LogP contribution in [0.25, 0.3) is 10.9 Å². The minimum absolute atomic E-state index is 0.316. The first kappa shape index (κ1) is 8.74. The van der Waals surface area contributed by atoms with Crippen molar-refractivity contribution in [3.63, 3.8) is 0 Å². The van der Waals surface area contributed by atoms with Crippen molar-refractivity contribution in [2.45, 2.75) is 13.8 Å². The molecule has 0 saturated carbocycles. The molecule has 0 fully saturated rings. The summed E-state index contributed by atoms with van der Waals surface area (Å²) in [5.41, 5.74) is 2.80. The molecule has 0 radical (unpaired) electrons. The third kappa shape index (κ3) is 1.08. The van der Waals surface area contributed by atoms with Gasteiger partial charge in [-0.15, -0.1) is 0 Å². The lowest BCUT2D eigenvalue weighted by atomic mass is 10.1. The average molecular weight is 190 g/mol. The van der Waals surface area contributed by atoms with Gasteiger partial charge in [0.05, 0.1) is 11.1 Å². The third-order valence-corrected chi connectivity index (χ3v) is 2.31. The molecule has 0 atom stereocenters. The lowest BCUT2D eigenvalue weighted by Gasteiger charge is -1.94. The van der Waals surface area contributed by atoms with Crippen molar-refractivity contribution in [3.8, 4) is 0 Å². The first-order valence-electron chi connectivity index (χ1n) is 4.27. The Morgan fingerprint density at radius 3 is 2.79 bits per heavy atom. The summed E-state index contributed by atoms with van der Waals surface area (Å²) < 4.78 is 0. The van der Waals surface area contributed by atoms with Crippen LogP contribution in [0.15, 0.2) is 12.4 Å². The molecular weight excluding hydrogens is 180 g/mol. The lowest BCUT2D eigenvalue weighted by molar-refractivity contribution is 0.0698. The van der Waals surface area contributed by atoms with Crippen molar-refractivity contribution in [2.75, 3.05) is 0 Å². The number of aromatic amines is 1. The first-order valence-corrected chi connectivity index (χ1v) is 4.27. The van der Waals surface area contributed by atoms with Crippen molar-refractivity contribution >= 4 is 16.9 Å². The van der Waals surface area contributed by atoms with E-state index in [0.29, 0.717) is 16.6 Å². The van der Waals surface area contributed by atoms with Gasteiger partial charge in [0.1, 0.15) is 0 Å². The van der Waals surface area contributed by atoms with Crippen molar-refractivity contribution in [3.05, 3.63) is 29.2 Å². The van der Waals surface area contributed by atoms with Gasteiger partial charge in [-0.3, -0.25) is 4.98 Å². The number of pyridine rings is 1. The average Bonchev–Trinajstić information content (AvgIpc) is 2.42. The molecule has 2 rings (SSSR count). The van der Waals surface area contributed by atoms with Crippen LogP contribution >= 0.6 is 0 Å². The van der Waals surface area contributed by atoms with Crippen molar-refractivity contribution in [2.24, 2.45) is 0 Å². The number of rotatable bonds is 1. The predicted octanol–water partition coefficient (Wildman–Crippen LogP) is 1.88. The van der Waals surface area contributed by atoms with Gasteiger partial charge in [0.2, 0.25) is 0 Å². The Morgan fingerprint density at radius 2 is 2.14 bits per heavy atom. The van der Waals surface area contributed by atoms with E-state index in [1.165, 1.54) is 0 Å². The van der Waals surface area contributed by atoms with E-state index < -0.39 is 5.97 Å². The number of hydrogen-bond acceptors (Lipinski definition) is 2. The molecule has 4 heteroatoms. The number of carboxylic acids is 1. The molecular formula is C10H10N2O2. The molecule has 0 aromatic carbocycles. The van der Waals surface area contributed by atoms with Crippen LogP contribution in [0.3, 0.4) is 0 Å². The molecule has 2 heterocycles. The van der Waals surface area contributed by atoms with Crippen LogP contribution in [0.5, 0.6) is 0 Å². The van der Waals surface area contributed by atoms with Gasteiger partial charge < -0.3 is 10.1 Å². The van der Waals surface area contributed by atoms with Gasteiger partial charge in [0.15, 0.2) is 0 Å². The van der Waals surface area contributed by atoms with Crippen LogP contribution in [0, 0.1) is 13.8 Å². The summed E-state index contributed by atoms with van der Waals surface area (Å²) in [7, 11) is 0. The Labute approximate surface area is 80.6 Å². The van der Waals surface area contributed by atoms with Gasteiger partial charge in [0.25, 0.3) is 0 Å². The van der Waals surface area contributed by atoms with Crippen LogP contribution in [-0.4, -0.2) is 21.0 Å². The van der Waals surface area contributed by atoms with Crippen LogP contribution < -0.4 is 0 Å². The van der Waals surface area contributed by atoms with Gasteiger partial charge in [-0.1, -0.05) is 0 Å². The van der Waals surface area contributed by atoms with E-state index in [0.717, 1.165) is 11.1 Å². The summed E-state index contributed by atoms with van der Waals surface area (Å²) in [5.74, 6) is -0.916. The number of fused-ring (bicyclic) bond motifs is 1. The summed E-state index contributed by atoms with van der Waals surface area (Å²) in [6.45, 7) is 3.65. The zero-order chi connectivity index (χ0) is 10.3. The second kappa shape index (κ2) is 2.83. The molecule has 2 aromatic heterocycles. The Balaban J connectivity index is 2.90. The molecule has 0 bridgehead atoms. The number of hydrogen-bond donors (Lipinski definition) is 2. The fraction of sp³-hybridized carbons (Fsp3) is 0.200. The van der Waals surface area contributed by atoms with E-state index in [4.69, 9.17) is 5.11 Å². The molecule has 0 amide bonds. The number of nitrogens with one attached hydrogen (secondary N) is 1. The van der Waals surface area contributed by atoms with Crippen LogP contribution in [-0.2, 0) is 0 Å². The molecule has 2 N–H and O–H groups in total. The number of H-pyrrole nitrogens is 1. The zero-order valence-corrected chi connectivity index (χ0v) is 7.96. The normalized spacial score (nSPS) is 10.7. The molecule has 2 aromatic rings. The van der Waals surface area contributed by atoms with Crippen molar-refractivity contribution in [1.29, 1.82) is 0 Å². The van der Waals surface area contributed by atoms with Crippen molar-refractivity contribution in [1.82, 2.24) is 9.97 Å². The molecule has 14 heavy (non-hydrogen) atoms. The highest BCUT2D eigenvalue weighted by molar-refractivity contribution is 6.05. The molecule has 0 spiro atoms. The number of carbonyl (C=O) groups is 1. The predicted molar refractivity (Wildman–Crippen MR) is 52.5 cm³/mol. The quantitative estimate of drug-likeness (QED) is 0.721. The van der Waals surface area contributed by atoms with Crippen LogP contribution in [0.2, 0.25) is 0 Å². The Hall–Kier alpha value is -1.84. The summed E-state index contributed by atoms with van der Waals surface area (Å²) in [5, 5.41) is 9.67. The number of aromatic nitrogens is 2. The third-order valence-electron chi connectivity index (χ3n) is 2.31. The number of carboxylic acid groups (broad SMARTS) is 1. The largest absolute Gasteiger partial charge is 0.478 e. The molecule has 0 aliphatic rings. The van der Waals surface area contributed by atoms with Crippen molar-refractivity contribution < 1.29 is 9.90 Å². The monoisotopic (exact) mass is 190 g/mol. The number of aromatic carboxylic acids is 1. The lowest BCUT2D eigenvalue weighted by Crippen LogP contribution is -1.97. The van der Waals surface area contributed by atoms with E-state index in [1.54, 1.807) is 19.3 Å². The summed E-state index contributed by atoms with van der Waals surface area (Å²) in [6, 6.07) is 0. The zero-order valence-electron chi connectivity index (χ0n) is 7.96. The Kier molecular flexibility index (Phi) is 1.77. The Morgan fingerprint density at radius 1 is 1.43 bits per heavy atom. The topological polar surface area (TPSA) is 66.0 Å². The highest BCUT2D eigenvalue weighted by Gasteiger charge is 2.15. The van der Waals surface area contributed by atoms with Gasteiger partial charge in [-0.05, 0) is 19.4 Å². The molecule has 4 nitrogen and oxygen atoms in total. The summed E-state index contributed by atoms with van der Waals surface area (Å²) in [4.78, 5) is 18.0. The minimum Gasteiger partial charge on any atom is -0.478 e. The van der Waals surface area contributed by atoms with E-state index in [1.807, 2.05) is 6.92 Å². The molecule has 0 unspecified atom stereocenters. The minimum atomic E-state index is -0.916. The van der Waals surface area contributed by atoms with E-state index in [9.17, 15) is 4.79 Å². The summed E-state index contributed by atoms with van der Waals surface area (Å²) >= 11 is 0. The fourth-order valence-electron chi connectivity index (χ4n) is 1.65. The molecule has 0 saturated heterocycles. The highest BCUT2D eigenvalue weighted by Crippen LogP contribution is 2.23. The maximum Gasteiger partial charge on any atom is 0.338 e. The van der Waals surface area contributed by atoms with Crippen LogP contribution in [0.4, 0.5) is 0 Å². The van der Waals surface area contributed by atoms with Gasteiger partial charge in [-0.2, -0.15) is 0 Å². The fourth-order valence-corrected chi connectivity index (χ4v) is 1.65. The number of aryl methyl sites for hydroxylation is 2. The van der Waals surface area contributed by atoms with E-state index in [-0.39, 0.29) is 0 Å². The molecule has 0 aliphatic heterocycles. The SMILES string of the molecule is Cc1[nH]c2c(C)cncc2c1C(=O)O. The maximum atomic E-state index is 11.0.